The Morgan fingerprint density at radius 1 is 1.06 bits per heavy atom. The normalized spacial score (nSPS) is 10.1. The fraction of sp³-hybridized carbons (Fsp3) is 0.0667. The highest BCUT2D eigenvalue weighted by atomic mass is 32.1. The van der Waals surface area contributed by atoms with E-state index in [0.29, 0.717) is 0 Å². The molecular weight excluding hydrogens is 212 g/mol. The van der Waals surface area contributed by atoms with Gasteiger partial charge in [-0.2, -0.15) is 0 Å². The monoisotopic (exact) mass is 226 g/mol. The molecule has 0 N–H and O–H groups in total. The molecule has 0 heterocycles. The van der Waals surface area contributed by atoms with Crippen LogP contribution in [0.1, 0.15) is 11.1 Å². The van der Waals surface area contributed by atoms with Crippen LogP contribution < -0.4 is 0 Å². The first kappa shape index (κ1) is 11.0. The largest absolute Gasteiger partial charge is 0.143 e. The van der Waals surface area contributed by atoms with E-state index in [4.69, 9.17) is 0 Å². The van der Waals surface area contributed by atoms with E-state index in [2.05, 4.69) is 56.5 Å². The molecule has 0 aromatic heterocycles. The summed E-state index contributed by atoms with van der Waals surface area (Å²) in [6.45, 7) is 5.96. The standard InChI is InChI=1S/C15H14S/c1-3-12-6-4-5-7-15(12)14-9-8-13(16)10-11(14)2/h3-10,16H,1H2,2H3. The molecule has 2 aromatic carbocycles. The molecule has 1 heteroatoms. The van der Waals surface area contributed by atoms with Gasteiger partial charge in [0.1, 0.15) is 0 Å². The third-order valence-corrected chi connectivity index (χ3v) is 2.96. The summed E-state index contributed by atoms with van der Waals surface area (Å²) in [6.07, 6.45) is 1.89. The molecule has 0 nitrogen and oxygen atoms in total. The molecule has 0 saturated carbocycles. The lowest BCUT2D eigenvalue weighted by atomic mass is 9.96. The fourth-order valence-corrected chi connectivity index (χ4v) is 2.14. The van der Waals surface area contributed by atoms with Crippen LogP contribution >= 0.6 is 12.6 Å². The van der Waals surface area contributed by atoms with E-state index in [0.717, 1.165) is 10.5 Å². The Hall–Kier alpha value is -1.47. The average Bonchev–Trinajstić information content (AvgIpc) is 2.29. The van der Waals surface area contributed by atoms with Gasteiger partial charge in [-0.25, -0.2) is 0 Å². The molecule has 80 valence electrons. The molecule has 0 spiro atoms. The Morgan fingerprint density at radius 3 is 2.50 bits per heavy atom. The molecule has 0 fully saturated rings. The molecule has 0 amide bonds. The molecule has 16 heavy (non-hydrogen) atoms. The fourth-order valence-electron chi connectivity index (χ4n) is 1.87. The lowest BCUT2D eigenvalue weighted by molar-refractivity contribution is 1.36. The zero-order chi connectivity index (χ0) is 11.5. The highest BCUT2D eigenvalue weighted by molar-refractivity contribution is 7.80. The highest BCUT2D eigenvalue weighted by Crippen LogP contribution is 2.28. The predicted octanol–water partition coefficient (Wildman–Crippen LogP) is 4.59. The highest BCUT2D eigenvalue weighted by Gasteiger charge is 2.04. The number of hydrogen-bond donors (Lipinski definition) is 1. The zero-order valence-electron chi connectivity index (χ0n) is 9.27. The predicted molar refractivity (Wildman–Crippen MR) is 74.0 cm³/mol. The summed E-state index contributed by atoms with van der Waals surface area (Å²) in [5.74, 6) is 0. The number of rotatable bonds is 2. The van der Waals surface area contributed by atoms with Crippen LogP contribution in [-0.4, -0.2) is 0 Å². The second kappa shape index (κ2) is 4.58. The molecule has 0 aliphatic heterocycles. The van der Waals surface area contributed by atoms with E-state index in [1.165, 1.54) is 16.7 Å². The molecule has 2 aromatic rings. The van der Waals surface area contributed by atoms with Crippen molar-refractivity contribution in [2.24, 2.45) is 0 Å². The summed E-state index contributed by atoms with van der Waals surface area (Å²) in [4.78, 5) is 0.998. The first-order valence-electron chi connectivity index (χ1n) is 5.24. The van der Waals surface area contributed by atoms with Crippen LogP contribution in [-0.2, 0) is 0 Å². The maximum atomic E-state index is 4.34. The van der Waals surface area contributed by atoms with Crippen molar-refractivity contribution in [2.45, 2.75) is 11.8 Å². The van der Waals surface area contributed by atoms with Gasteiger partial charge >= 0.3 is 0 Å². The quantitative estimate of drug-likeness (QED) is 0.711. The summed E-state index contributed by atoms with van der Waals surface area (Å²) in [5, 5.41) is 0. The van der Waals surface area contributed by atoms with Crippen molar-refractivity contribution >= 4 is 18.7 Å². The van der Waals surface area contributed by atoms with Crippen molar-refractivity contribution in [3.05, 3.63) is 60.2 Å². The molecule has 0 aliphatic carbocycles. The van der Waals surface area contributed by atoms with Gasteiger partial charge in [-0.3, -0.25) is 0 Å². The molecule has 0 aliphatic rings. The van der Waals surface area contributed by atoms with Crippen molar-refractivity contribution in [1.82, 2.24) is 0 Å². The van der Waals surface area contributed by atoms with Crippen molar-refractivity contribution in [3.63, 3.8) is 0 Å². The first-order chi connectivity index (χ1) is 7.72. The Bertz CT molecular complexity index is 527. The van der Waals surface area contributed by atoms with E-state index in [1.807, 2.05) is 18.2 Å². The average molecular weight is 226 g/mol. The van der Waals surface area contributed by atoms with Crippen LogP contribution in [0.25, 0.3) is 17.2 Å². The van der Waals surface area contributed by atoms with Crippen LogP contribution in [0.2, 0.25) is 0 Å². The third-order valence-electron chi connectivity index (χ3n) is 2.68. The number of hydrogen-bond acceptors (Lipinski definition) is 1. The van der Waals surface area contributed by atoms with E-state index in [1.54, 1.807) is 0 Å². The molecule has 0 bridgehead atoms. The first-order valence-corrected chi connectivity index (χ1v) is 5.68. The second-order valence-corrected chi connectivity index (χ2v) is 4.31. The summed E-state index contributed by atoms with van der Waals surface area (Å²) in [6, 6.07) is 14.5. The Kier molecular flexibility index (Phi) is 3.16. The molecular formula is C15H14S. The van der Waals surface area contributed by atoms with E-state index in [-0.39, 0.29) is 0 Å². The van der Waals surface area contributed by atoms with Gasteiger partial charge in [-0.05, 0) is 41.3 Å². The van der Waals surface area contributed by atoms with Crippen molar-refractivity contribution in [2.75, 3.05) is 0 Å². The van der Waals surface area contributed by atoms with Crippen LogP contribution in [0.3, 0.4) is 0 Å². The smallest absolute Gasteiger partial charge is 0.00430 e. The maximum Gasteiger partial charge on any atom is 0.00430 e. The van der Waals surface area contributed by atoms with Gasteiger partial charge in [0.15, 0.2) is 0 Å². The third kappa shape index (κ3) is 2.05. The van der Waals surface area contributed by atoms with Gasteiger partial charge in [0, 0.05) is 4.90 Å². The number of benzene rings is 2. The summed E-state index contributed by atoms with van der Waals surface area (Å²) >= 11 is 4.34. The Labute approximate surface area is 102 Å². The summed E-state index contributed by atoms with van der Waals surface area (Å²) < 4.78 is 0. The van der Waals surface area contributed by atoms with Gasteiger partial charge in [0.25, 0.3) is 0 Å². The van der Waals surface area contributed by atoms with E-state index < -0.39 is 0 Å². The van der Waals surface area contributed by atoms with Gasteiger partial charge in [-0.15, -0.1) is 12.6 Å². The minimum Gasteiger partial charge on any atom is -0.143 e. The molecule has 0 atom stereocenters. The SMILES string of the molecule is C=Cc1ccccc1-c1ccc(S)cc1C. The van der Waals surface area contributed by atoms with Crippen molar-refractivity contribution in [3.8, 4) is 11.1 Å². The molecule has 0 unspecified atom stereocenters. The second-order valence-electron chi connectivity index (χ2n) is 3.79. The zero-order valence-corrected chi connectivity index (χ0v) is 10.2. The summed E-state index contributed by atoms with van der Waals surface area (Å²) in [7, 11) is 0. The maximum absolute atomic E-state index is 4.34. The molecule has 0 saturated heterocycles. The van der Waals surface area contributed by atoms with Crippen LogP contribution in [0.15, 0.2) is 53.9 Å². The summed E-state index contributed by atoms with van der Waals surface area (Å²) in [5.41, 5.74) is 4.87. The Morgan fingerprint density at radius 2 is 1.81 bits per heavy atom. The van der Waals surface area contributed by atoms with Crippen LogP contribution in [0, 0.1) is 6.92 Å². The van der Waals surface area contributed by atoms with Crippen molar-refractivity contribution < 1.29 is 0 Å². The Balaban J connectivity index is 2.62. The van der Waals surface area contributed by atoms with Gasteiger partial charge in [0.2, 0.25) is 0 Å². The van der Waals surface area contributed by atoms with Gasteiger partial charge < -0.3 is 0 Å². The molecule has 2 rings (SSSR count). The minimum atomic E-state index is 0.998. The van der Waals surface area contributed by atoms with Gasteiger partial charge in [0.05, 0.1) is 0 Å². The lowest BCUT2D eigenvalue weighted by Gasteiger charge is -2.09. The topological polar surface area (TPSA) is 0 Å². The van der Waals surface area contributed by atoms with E-state index >= 15 is 0 Å². The van der Waals surface area contributed by atoms with E-state index in [9.17, 15) is 0 Å². The number of aryl methyl sites for hydroxylation is 1. The molecule has 0 radical (unpaired) electrons. The number of thiol groups is 1. The van der Waals surface area contributed by atoms with Crippen molar-refractivity contribution in [1.29, 1.82) is 0 Å². The lowest BCUT2D eigenvalue weighted by Crippen LogP contribution is -1.86. The van der Waals surface area contributed by atoms with Crippen LogP contribution in [0.5, 0.6) is 0 Å². The van der Waals surface area contributed by atoms with Crippen LogP contribution in [0.4, 0.5) is 0 Å². The van der Waals surface area contributed by atoms with Gasteiger partial charge in [-0.1, -0.05) is 43.0 Å². The minimum absolute atomic E-state index is 0.998.